The first-order chi connectivity index (χ1) is 11.7. The third-order valence-corrected chi connectivity index (χ3v) is 6.13. The van der Waals surface area contributed by atoms with E-state index in [-0.39, 0.29) is 0 Å². The largest absolute Gasteiger partial charge is 0.420 e. The topological polar surface area (TPSA) is 35.5 Å². The van der Waals surface area contributed by atoms with Gasteiger partial charge in [0.1, 0.15) is 5.76 Å². The lowest BCUT2D eigenvalue weighted by molar-refractivity contribution is 0.279. The molecule has 0 aromatic heterocycles. The van der Waals surface area contributed by atoms with Gasteiger partial charge in [0, 0.05) is 11.1 Å². The van der Waals surface area contributed by atoms with Gasteiger partial charge in [0.05, 0.1) is 11.9 Å². The van der Waals surface area contributed by atoms with E-state index in [0.717, 1.165) is 36.0 Å². The van der Waals surface area contributed by atoms with E-state index in [0.29, 0.717) is 17.7 Å². The van der Waals surface area contributed by atoms with Crippen molar-refractivity contribution < 1.29 is 13.6 Å². The third kappa shape index (κ3) is 3.19. The van der Waals surface area contributed by atoms with Crippen LogP contribution >= 0.6 is 7.60 Å². The maximum Gasteiger partial charge on any atom is 0.411 e. The molecular formula is C20H23O3P. The molecule has 0 radical (unpaired) electrons. The van der Waals surface area contributed by atoms with Gasteiger partial charge in [-0.05, 0) is 31.4 Å². The molecule has 1 unspecified atom stereocenters. The summed E-state index contributed by atoms with van der Waals surface area (Å²) in [6, 6.07) is 17.6. The molecule has 1 aliphatic rings. The second kappa shape index (κ2) is 7.38. The lowest BCUT2D eigenvalue weighted by atomic mass is 9.96. The van der Waals surface area contributed by atoms with Crippen LogP contribution in [0.15, 0.2) is 54.6 Å². The highest BCUT2D eigenvalue weighted by atomic mass is 31.2. The highest BCUT2D eigenvalue weighted by Crippen LogP contribution is 2.57. The van der Waals surface area contributed by atoms with Crippen LogP contribution in [-0.4, -0.2) is 6.61 Å². The summed E-state index contributed by atoms with van der Waals surface area (Å²) in [4.78, 5) is 0. The zero-order valence-electron chi connectivity index (χ0n) is 14.2. The molecule has 24 heavy (non-hydrogen) atoms. The quantitative estimate of drug-likeness (QED) is 0.638. The lowest BCUT2D eigenvalue weighted by Gasteiger charge is -2.30. The van der Waals surface area contributed by atoms with E-state index in [1.165, 1.54) is 0 Å². The highest BCUT2D eigenvalue weighted by Gasteiger charge is 2.38. The minimum Gasteiger partial charge on any atom is -0.420 e. The standard InChI is InChI=1S/C20H23O3P/c1-3-5-13-18-17-14-9-10-15-19(17)24(21,22-4-2)23-20(18)16-11-7-6-8-12-16/h6-12,14-15H,3-5,13H2,1-2H3. The Morgan fingerprint density at radius 2 is 1.71 bits per heavy atom. The second-order valence-electron chi connectivity index (χ2n) is 5.80. The van der Waals surface area contributed by atoms with E-state index < -0.39 is 7.60 Å². The zero-order valence-corrected chi connectivity index (χ0v) is 15.1. The first-order valence-electron chi connectivity index (χ1n) is 8.52. The molecule has 0 bridgehead atoms. The molecule has 3 nitrogen and oxygen atoms in total. The van der Waals surface area contributed by atoms with Gasteiger partial charge in [-0.25, -0.2) is 4.57 Å². The molecular weight excluding hydrogens is 319 g/mol. The van der Waals surface area contributed by atoms with Crippen molar-refractivity contribution >= 4 is 24.2 Å². The predicted octanol–water partition coefficient (Wildman–Crippen LogP) is 5.63. The van der Waals surface area contributed by atoms with Crippen molar-refractivity contribution in [2.45, 2.75) is 33.1 Å². The van der Waals surface area contributed by atoms with Crippen LogP contribution in [-0.2, 0) is 13.6 Å². The summed E-state index contributed by atoms with van der Waals surface area (Å²) in [6.45, 7) is 4.35. The van der Waals surface area contributed by atoms with E-state index in [2.05, 4.69) is 6.92 Å². The molecule has 0 saturated carbocycles. The average molecular weight is 342 g/mol. The smallest absolute Gasteiger partial charge is 0.411 e. The van der Waals surface area contributed by atoms with Gasteiger partial charge in [-0.1, -0.05) is 61.9 Å². The highest BCUT2D eigenvalue weighted by molar-refractivity contribution is 7.62. The van der Waals surface area contributed by atoms with Crippen LogP contribution in [0.2, 0.25) is 0 Å². The van der Waals surface area contributed by atoms with Crippen molar-refractivity contribution in [3.05, 3.63) is 65.7 Å². The molecule has 2 aromatic rings. The Kier molecular flexibility index (Phi) is 5.23. The van der Waals surface area contributed by atoms with Crippen molar-refractivity contribution in [2.24, 2.45) is 0 Å². The van der Waals surface area contributed by atoms with Crippen LogP contribution in [0.3, 0.4) is 0 Å². The summed E-state index contributed by atoms with van der Waals surface area (Å²) < 4.78 is 25.0. The van der Waals surface area contributed by atoms with Crippen molar-refractivity contribution in [3.63, 3.8) is 0 Å². The Bertz CT molecular complexity index is 780. The molecule has 4 heteroatoms. The fraction of sp³-hybridized carbons (Fsp3) is 0.300. The maximum atomic E-state index is 13.4. The van der Waals surface area contributed by atoms with Crippen LogP contribution < -0.4 is 5.30 Å². The second-order valence-corrected chi connectivity index (χ2v) is 7.72. The van der Waals surface area contributed by atoms with Crippen molar-refractivity contribution in [1.29, 1.82) is 0 Å². The van der Waals surface area contributed by atoms with Gasteiger partial charge in [-0.3, -0.25) is 4.52 Å². The molecule has 1 aliphatic heterocycles. The number of rotatable bonds is 6. The van der Waals surface area contributed by atoms with Gasteiger partial charge in [0.15, 0.2) is 0 Å². The summed E-state index contributed by atoms with van der Waals surface area (Å²) in [7, 11) is -3.35. The van der Waals surface area contributed by atoms with E-state index in [9.17, 15) is 4.57 Å². The molecule has 2 aromatic carbocycles. The van der Waals surface area contributed by atoms with Gasteiger partial charge in [-0.15, -0.1) is 0 Å². The van der Waals surface area contributed by atoms with Crippen molar-refractivity contribution in [1.82, 2.24) is 0 Å². The number of unbranched alkanes of at least 4 members (excludes halogenated alkanes) is 1. The molecule has 0 aliphatic carbocycles. The van der Waals surface area contributed by atoms with Gasteiger partial charge in [0.25, 0.3) is 0 Å². The minimum absolute atomic E-state index is 0.345. The summed E-state index contributed by atoms with van der Waals surface area (Å²) in [5.74, 6) is 0.694. The molecule has 0 amide bonds. The van der Waals surface area contributed by atoms with Gasteiger partial charge in [0.2, 0.25) is 0 Å². The maximum absolute atomic E-state index is 13.4. The van der Waals surface area contributed by atoms with Gasteiger partial charge >= 0.3 is 7.60 Å². The Labute approximate surface area is 143 Å². The molecule has 0 spiro atoms. The van der Waals surface area contributed by atoms with Crippen LogP contribution in [0.25, 0.3) is 11.3 Å². The first kappa shape index (κ1) is 17.0. The summed E-state index contributed by atoms with van der Waals surface area (Å²) in [5, 5.41) is 0.678. The van der Waals surface area contributed by atoms with Crippen LogP contribution in [0, 0.1) is 0 Å². The van der Waals surface area contributed by atoms with E-state index in [1.54, 1.807) is 0 Å². The third-order valence-electron chi connectivity index (χ3n) is 4.13. The van der Waals surface area contributed by atoms with Crippen LogP contribution in [0.1, 0.15) is 44.2 Å². The molecule has 1 atom stereocenters. The molecule has 0 N–H and O–H groups in total. The van der Waals surface area contributed by atoms with Gasteiger partial charge in [-0.2, -0.15) is 0 Å². The average Bonchev–Trinajstić information content (AvgIpc) is 2.62. The van der Waals surface area contributed by atoms with E-state index >= 15 is 0 Å². The predicted molar refractivity (Wildman–Crippen MR) is 99.2 cm³/mol. The zero-order chi connectivity index (χ0) is 17.0. The fourth-order valence-corrected chi connectivity index (χ4v) is 4.86. The number of allylic oxidation sites excluding steroid dienone is 1. The van der Waals surface area contributed by atoms with Crippen molar-refractivity contribution in [3.8, 4) is 0 Å². The monoisotopic (exact) mass is 342 g/mol. The normalized spacial score (nSPS) is 19.8. The Hall–Kier alpha value is -1.83. The number of hydrogen-bond donors (Lipinski definition) is 0. The molecule has 0 fully saturated rings. The Morgan fingerprint density at radius 3 is 2.42 bits per heavy atom. The molecule has 1 heterocycles. The fourth-order valence-electron chi connectivity index (χ4n) is 3.00. The lowest BCUT2D eigenvalue weighted by Crippen LogP contribution is -2.20. The minimum atomic E-state index is -3.35. The van der Waals surface area contributed by atoms with E-state index in [4.69, 9.17) is 9.05 Å². The van der Waals surface area contributed by atoms with E-state index in [1.807, 2.05) is 61.5 Å². The Balaban J connectivity index is 2.20. The van der Waals surface area contributed by atoms with Crippen molar-refractivity contribution in [2.75, 3.05) is 6.61 Å². The Morgan fingerprint density at radius 1 is 1.00 bits per heavy atom. The SMILES string of the molecule is CCCCC1=C(c2ccccc2)OP(=O)(OCC)c2ccccc21. The number of benzene rings is 2. The van der Waals surface area contributed by atoms with Gasteiger partial charge < -0.3 is 4.52 Å². The molecule has 0 saturated heterocycles. The summed E-state index contributed by atoms with van der Waals surface area (Å²) in [5.41, 5.74) is 3.05. The number of hydrogen-bond acceptors (Lipinski definition) is 3. The first-order valence-corrected chi connectivity index (χ1v) is 10.1. The summed E-state index contributed by atoms with van der Waals surface area (Å²) in [6.07, 6.45) is 3.04. The van der Waals surface area contributed by atoms with Crippen LogP contribution in [0.5, 0.6) is 0 Å². The number of fused-ring (bicyclic) bond motifs is 1. The molecule has 126 valence electrons. The molecule has 3 rings (SSSR count). The summed E-state index contributed by atoms with van der Waals surface area (Å²) >= 11 is 0. The van der Waals surface area contributed by atoms with Crippen LogP contribution in [0.4, 0.5) is 0 Å².